The van der Waals surface area contributed by atoms with E-state index in [-0.39, 0.29) is 11.0 Å². The Morgan fingerprint density at radius 1 is 1.50 bits per heavy atom. The van der Waals surface area contributed by atoms with Crippen molar-refractivity contribution in [1.29, 1.82) is 0 Å². The lowest BCUT2D eigenvalue weighted by atomic mass is 10.1. The lowest BCUT2D eigenvalue weighted by Crippen LogP contribution is -2.27. The van der Waals surface area contributed by atoms with Crippen molar-refractivity contribution in [3.05, 3.63) is 18.3 Å². The van der Waals surface area contributed by atoms with E-state index in [1.165, 1.54) is 6.26 Å². The van der Waals surface area contributed by atoms with Gasteiger partial charge in [0.1, 0.15) is 10.7 Å². The third-order valence-electron chi connectivity index (χ3n) is 2.94. The molecule has 5 nitrogen and oxygen atoms in total. The molecule has 1 aromatic heterocycles. The molecule has 0 aromatic carbocycles. The summed E-state index contributed by atoms with van der Waals surface area (Å²) in [5.74, 6) is 0.411. The van der Waals surface area contributed by atoms with E-state index in [1.807, 2.05) is 0 Å². The van der Waals surface area contributed by atoms with Crippen LogP contribution < -0.4 is 5.32 Å². The lowest BCUT2D eigenvalue weighted by molar-refractivity contribution is 0.0247. The first-order chi connectivity index (χ1) is 8.57. The highest BCUT2D eigenvalue weighted by molar-refractivity contribution is 7.90. The highest BCUT2D eigenvalue weighted by Crippen LogP contribution is 2.19. The zero-order chi connectivity index (χ0) is 13.0. The van der Waals surface area contributed by atoms with E-state index in [9.17, 15) is 8.42 Å². The first-order valence-corrected chi connectivity index (χ1v) is 7.97. The van der Waals surface area contributed by atoms with E-state index < -0.39 is 9.84 Å². The normalized spacial score (nSPS) is 20.6. The van der Waals surface area contributed by atoms with Gasteiger partial charge in [-0.15, -0.1) is 0 Å². The molecule has 0 bridgehead atoms. The molecule has 0 radical (unpaired) electrons. The van der Waals surface area contributed by atoms with Gasteiger partial charge >= 0.3 is 0 Å². The number of nitrogens with one attached hydrogen (secondary N) is 1. The van der Waals surface area contributed by atoms with Gasteiger partial charge in [0.15, 0.2) is 9.84 Å². The number of rotatable bonds is 4. The number of sulfone groups is 1. The van der Waals surface area contributed by atoms with Crippen LogP contribution in [0.2, 0.25) is 0 Å². The van der Waals surface area contributed by atoms with Crippen LogP contribution in [0, 0.1) is 0 Å². The molecule has 1 aromatic rings. The maximum Gasteiger partial charge on any atom is 0.179 e. The largest absolute Gasteiger partial charge is 0.376 e. The average molecular weight is 270 g/mol. The van der Waals surface area contributed by atoms with Gasteiger partial charge in [0.25, 0.3) is 0 Å². The molecule has 1 aliphatic heterocycles. The van der Waals surface area contributed by atoms with Crippen molar-refractivity contribution in [2.45, 2.75) is 30.3 Å². The van der Waals surface area contributed by atoms with E-state index in [4.69, 9.17) is 4.74 Å². The molecule has 1 aliphatic rings. The number of hydrogen-bond acceptors (Lipinski definition) is 5. The van der Waals surface area contributed by atoms with Crippen LogP contribution in [0.3, 0.4) is 0 Å². The van der Waals surface area contributed by atoms with Crippen LogP contribution in [0.15, 0.2) is 23.2 Å². The van der Waals surface area contributed by atoms with Gasteiger partial charge in [-0.1, -0.05) is 0 Å². The van der Waals surface area contributed by atoms with Gasteiger partial charge < -0.3 is 10.1 Å². The fourth-order valence-corrected chi connectivity index (χ4v) is 2.80. The maximum absolute atomic E-state index is 11.6. The molecule has 18 heavy (non-hydrogen) atoms. The number of hydrogen-bond donors (Lipinski definition) is 1. The van der Waals surface area contributed by atoms with Crippen LogP contribution in [0.4, 0.5) is 5.82 Å². The van der Waals surface area contributed by atoms with Crippen molar-refractivity contribution in [3.63, 3.8) is 0 Å². The van der Waals surface area contributed by atoms with Crippen molar-refractivity contribution in [3.8, 4) is 0 Å². The standard InChI is InChI=1S/C12H18N2O3S/c1-18(15,16)11-6-4-7-13-12(11)14-9-10-5-2-3-8-17-10/h4,6-7,10H,2-3,5,8-9H2,1H3,(H,13,14). The molecule has 0 amide bonds. The molecule has 2 heterocycles. The molecule has 0 saturated carbocycles. The molecule has 1 unspecified atom stereocenters. The molecular formula is C12H18N2O3S. The Kier molecular flexibility index (Phi) is 4.19. The Morgan fingerprint density at radius 2 is 2.33 bits per heavy atom. The molecule has 1 atom stereocenters. The Hall–Kier alpha value is -1.14. The molecule has 1 fully saturated rings. The molecular weight excluding hydrogens is 252 g/mol. The number of pyridine rings is 1. The van der Waals surface area contributed by atoms with E-state index in [2.05, 4.69) is 10.3 Å². The number of nitrogens with zero attached hydrogens (tertiary/aromatic N) is 1. The van der Waals surface area contributed by atoms with Gasteiger partial charge in [0.05, 0.1) is 6.10 Å². The Balaban J connectivity index is 2.05. The number of anilines is 1. The zero-order valence-corrected chi connectivity index (χ0v) is 11.2. The molecule has 0 aliphatic carbocycles. The van der Waals surface area contributed by atoms with Gasteiger partial charge in [0, 0.05) is 25.6 Å². The predicted octanol–water partition coefficient (Wildman–Crippen LogP) is 1.47. The quantitative estimate of drug-likeness (QED) is 0.897. The van der Waals surface area contributed by atoms with Crippen molar-refractivity contribution in [2.24, 2.45) is 0 Å². The summed E-state index contributed by atoms with van der Waals surface area (Å²) in [6.07, 6.45) is 6.19. The Labute approximate surface area is 107 Å². The molecule has 2 rings (SSSR count). The summed E-state index contributed by atoms with van der Waals surface area (Å²) in [5, 5.41) is 3.07. The second-order valence-electron chi connectivity index (χ2n) is 4.49. The molecule has 1 N–H and O–H groups in total. The Morgan fingerprint density at radius 3 is 3.00 bits per heavy atom. The van der Waals surface area contributed by atoms with E-state index >= 15 is 0 Å². The zero-order valence-electron chi connectivity index (χ0n) is 10.4. The maximum atomic E-state index is 11.6. The first kappa shape index (κ1) is 13.3. The van der Waals surface area contributed by atoms with Crippen molar-refractivity contribution < 1.29 is 13.2 Å². The summed E-state index contributed by atoms with van der Waals surface area (Å²) >= 11 is 0. The van der Waals surface area contributed by atoms with E-state index in [0.29, 0.717) is 12.4 Å². The summed E-state index contributed by atoms with van der Waals surface area (Å²) in [5.41, 5.74) is 0. The van der Waals surface area contributed by atoms with Crippen molar-refractivity contribution >= 4 is 15.7 Å². The lowest BCUT2D eigenvalue weighted by Gasteiger charge is -2.23. The van der Waals surface area contributed by atoms with Crippen LogP contribution in [0.1, 0.15) is 19.3 Å². The minimum Gasteiger partial charge on any atom is -0.376 e. The van der Waals surface area contributed by atoms with Crippen LogP contribution in [0.25, 0.3) is 0 Å². The predicted molar refractivity (Wildman–Crippen MR) is 69.4 cm³/mol. The van der Waals surface area contributed by atoms with Crippen LogP contribution in [-0.2, 0) is 14.6 Å². The van der Waals surface area contributed by atoms with E-state index in [1.54, 1.807) is 18.3 Å². The minimum atomic E-state index is -3.25. The summed E-state index contributed by atoms with van der Waals surface area (Å²) in [7, 11) is -3.25. The molecule has 0 spiro atoms. The third-order valence-corrected chi connectivity index (χ3v) is 4.07. The van der Waals surface area contributed by atoms with Gasteiger partial charge in [-0.2, -0.15) is 0 Å². The smallest absolute Gasteiger partial charge is 0.179 e. The van der Waals surface area contributed by atoms with Gasteiger partial charge in [-0.25, -0.2) is 13.4 Å². The Bertz CT molecular complexity index is 496. The second-order valence-corrected chi connectivity index (χ2v) is 6.48. The fraction of sp³-hybridized carbons (Fsp3) is 0.583. The summed E-state index contributed by atoms with van der Waals surface area (Å²) in [6, 6.07) is 3.19. The third kappa shape index (κ3) is 3.43. The molecule has 6 heteroatoms. The fourth-order valence-electron chi connectivity index (χ4n) is 2.00. The van der Waals surface area contributed by atoms with Crippen molar-refractivity contribution in [1.82, 2.24) is 4.98 Å². The summed E-state index contributed by atoms with van der Waals surface area (Å²) in [4.78, 5) is 4.32. The number of aromatic nitrogens is 1. The SMILES string of the molecule is CS(=O)(=O)c1cccnc1NCC1CCCCO1. The van der Waals surface area contributed by atoms with Crippen LogP contribution in [0.5, 0.6) is 0 Å². The number of ether oxygens (including phenoxy) is 1. The van der Waals surface area contributed by atoms with Gasteiger partial charge in [-0.3, -0.25) is 0 Å². The molecule has 1 saturated heterocycles. The summed E-state index contributed by atoms with van der Waals surface area (Å²) < 4.78 is 28.8. The second kappa shape index (κ2) is 5.67. The van der Waals surface area contributed by atoms with Crippen LogP contribution in [-0.4, -0.2) is 38.9 Å². The average Bonchev–Trinajstić information content (AvgIpc) is 2.37. The van der Waals surface area contributed by atoms with Crippen molar-refractivity contribution in [2.75, 3.05) is 24.7 Å². The van der Waals surface area contributed by atoms with Gasteiger partial charge in [-0.05, 0) is 31.4 Å². The highest BCUT2D eigenvalue weighted by Gasteiger charge is 2.17. The molecule has 100 valence electrons. The minimum absolute atomic E-state index is 0.146. The topological polar surface area (TPSA) is 68.3 Å². The summed E-state index contributed by atoms with van der Waals surface area (Å²) in [6.45, 7) is 1.38. The van der Waals surface area contributed by atoms with E-state index in [0.717, 1.165) is 25.9 Å². The van der Waals surface area contributed by atoms with Gasteiger partial charge in [0.2, 0.25) is 0 Å². The van der Waals surface area contributed by atoms with Crippen LogP contribution >= 0.6 is 0 Å². The first-order valence-electron chi connectivity index (χ1n) is 6.08. The highest BCUT2D eigenvalue weighted by atomic mass is 32.2. The monoisotopic (exact) mass is 270 g/mol.